The smallest absolute Gasteiger partial charge is 0.154 e. The van der Waals surface area contributed by atoms with Crippen LogP contribution in [-0.4, -0.2) is 38.9 Å². The molecule has 2 aromatic rings. The largest absolute Gasteiger partial charge is 0.366 e. The highest BCUT2D eigenvalue weighted by molar-refractivity contribution is 9.10. The molecule has 5 nitrogen and oxygen atoms in total. The number of rotatable bonds is 1. The van der Waals surface area contributed by atoms with Gasteiger partial charge in [-0.1, -0.05) is 0 Å². The molecule has 3 heterocycles. The summed E-state index contributed by atoms with van der Waals surface area (Å²) in [7, 11) is 0. The highest BCUT2D eigenvalue weighted by Crippen LogP contribution is 2.30. The molecule has 1 aliphatic rings. The van der Waals surface area contributed by atoms with Crippen LogP contribution in [0.1, 0.15) is 27.7 Å². The molecule has 0 spiro atoms. The molecule has 3 rings (SSSR count). The summed E-state index contributed by atoms with van der Waals surface area (Å²) in [4.78, 5) is 6.55. The summed E-state index contributed by atoms with van der Waals surface area (Å²) >= 11 is 3.46. The van der Waals surface area contributed by atoms with Gasteiger partial charge in [-0.3, -0.25) is 0 Å². The lowest BCUT2D eigenvalue weighted by atomic mass is 9.99. The predicted molar refractivity (Wildman–Crippen MR) is 82.1 cm³/mol. The molecule has 0 aromatic carbocycles. The fourth-order valence-electron chi connectivity index (χ4n) is 2.95. The van der Waals surface area contributed by atoms with Crippen molar-refractivity contribution in [2.75, 3.05) is 18.0 Å². The maximum absolute atomic E-state index is 6.11. The Kier molecular flexibility index (Phi) is 3.06. The van der Waals surface area contributed by atoms with E-state index in [1.165, 1.54) is 0 Å². The Labute approximate surface area is 127 Å². The molecule has 0 saturated carbocycles. The van der Waals surface area contributed by atoms with Gasteiger partial charge in [-0.15, -0.1) is 5.10 Å². The van der Waals surface area contributed by atoms with Gasteiger partial charge >= 0.3 is 0 Å². The minimum atomic E-state index is -0.190. The number of hydrogen-bond acceptors (Lipinski definition) is 4. The van der Waals surface area contributed by atoms with Gasteiger partial charge in [0.25, 0.3) is 0 Å². The predicted octanol–water partition coefficient (Wildman–Crippen LogP) is 2.89. The summed E-state index contributed by atoms with van der Waals surface area (Å²) in [6.07, 6.45) is 1.76. The zero-order chi connectivity index (χ0) is 14.5. The lowest BCUT2D eigenvalue weighted by Gasteiger charge is -2.47. The van der Waals surface area contributed by atoms with Crippen LogP contribution in [0.4, 0.5) is 5.82 Å². The van der Waals surface area contributed by atoms with E-state index in [-0.39, 0.29) is 11.2 Å². The van der Waals surface area contributed by atoms with E-state index in [9.17, 15) is 0 Å². The van der Waals surface area contributed by atoms with Crippen LogP contribution in [0.3, 0.4) is 0 Å². The van der Waals surface area contributed by atoms with E-state index < -0.39 is 0 Å². The Morgan fingerprint density at radius 1 is 1.15 bits per heavy atom. The number of imidazole rings is 1. The number of morpholine rings is 1. The van der Waals surface area contributed by atoms with Crippen LogP contribution in [0.25, 0.3) is 5.65 Å². The second-order valence-corrected chi connectivity index (χ2v) is 7.33. The third-order valence-corrected chi connectivity index (χ3v) is 3.87. The Morgan fingerprint density at radius 2 is 1.80 bits per heavy atom. The number of fused-ring (bicyclic) bond motifs is 1. The zero-order valence-electron chi connectivity index (χ0n) is 12.2. The number of hydrogen-bond donors (Lipinski definition) is 0. The normalized spacial score (nSPS) is 21.4. The van der Waals surface area contributed by atoms with Gasteiger partial charge < -0.3 is 9.64 Å². The average molecular weight is 339 g/mol. The molecule has 20 heavy (non-hydrogen) atoms. The maximum Gasteiger partial charge on any atom is 0.154 e. The molecule has 0 radical (unpaired) electrons. The molecule has 0 amide bonds. The SMILES string of the molecule is CC1(C)CN(c2ccc3ncc(Br)n3n2)CC(C)(C)O1. The Hall–Kier alpha value is -1.14. The molecule has 0 N–H and O–H groups in total. The molecule has 0 atom stereocenters. The van der Waals surface area contributed by atoms with Gasteiger partial charge in [-0.2, -0.15) is 0 Å². The number of aromatic nitrogens is 3. The van der Waals surface area contributed by atoms with E-state index >= 15 is 0 Å². The van der Waals surface area contributed by atoms with Crippen molar-refractivity contribution < 1.29 is 4.74 Å². The second-order valence-electron chi connectivity index (χ2n) is 6.52. The van der Waals surface area contributed by atoms with E-state index in [0.29, 0.717) is 0 Å². The minimum absolute atomic E-state index is 0.190. The van der Waals surface area contributed by atoms with Crippen LogP contribution in [0.5, 0.6) is 0 Å². The first kappa shape index (κ1) is 13.8. The second kappa shape index (κ2) is 4.43. The molecule has 6 heteroatoms. The molecule has 1 aliphatic heterocycles. The molecule has 108 valence electrons. The number of ether oxygens (including phenoxy) is 1. The van der Waals surface area contributed by atoms with E-state index in [2.05, 4.69) is 58.6 Å². The summed E-state index contributed by atoms with van der Waals surface area (Å²) in [6.45, 7) is 10.1. The van der Waals surface area contributed by atoms with Crippen molar-refractivity contribution in [3.63, 3.8) is 0 Å². The van der Waals surface area contributed by atoms with Crippen molar-refractivity contribution in [3.05, 3.63) is 22.9 Å². The highest BCUT2D eigenvalue weighted by Gasteiger charge is 2.38. The van der Waals surface area contributed by atoms with Gasteiger partial charge in [-0.05, 0) is 55.8 Å². The van der Waals surface area contributed by atoms with Crippen LogP contribution >= 0.6 is 15.9 Å². The lowest BCUT2D eigenvalue weighted by molar-refractivity contribution is -0.133. The summed E-state index contributed by atoms with van der Waals surface area (Å²) in [5, 5.41) is 4.67. The Morgan fingerprint density at radius 3 is 2.45 bits per heavy atom. The van der Waals surface area contributed by atoms with Crippen molar-refractivity contribution in [2.24, 2.45) is 0 Å². The van der Waals surface area contributed by atoms with Crippen molar-refractivity contribution in [1.29, 1.82) is 0 Å². The standard InChI is InChI=1S/C14H19BrN4O/c1-13(2)8-18(9-14(3,4)20-13)12-6-5-11-16-7-10(15)19(11)17-12/h5-7H,8-9H2,1-4H3. The molecule has 0 aliphatic carbocycles. The molecule has 1 fully saturated rings. The van der Waals surface area contributed by atoms with Crippen LogP contribution in [0, 0.1) is 0 Å². The van der Waals surface area contributed by atoms with E-state index in [1.54, 1.807) is 6.20 Å². The summed E-state index contributed by atoms with van der Waals surface area (Å²) in [5.74, 6) is 0.945. The number of nitrogens with zero attached hydrogens (tertiary/aromatic N) is 4. The Balaban J connectivity index is 1.99. The van der Waals surface area contributed by atoms with Gasteiger partial charge in [0.15, 0.2) is 5.65 Å². The van der Waals surface area contributed by atoms with Crippen LogP contribution in [-0.2, 0) is 4.74 Å². The number of anilines is 1. The fourth-order valence-corrected chi connectivity index (χ4v) is 3.32. The molecular weight excluding hydrogens is 320 g/mol. The van der Waals surface area contributed by atoms with Crippen molar-refractivity contribution in [1.82, 2.24) is 14.6 Å². The minimum Gasteiger partial charge on any atom is -0.366 e. The number of halogens is 1. The van der Waals surface area contributed by atoms with Gasteiger partial charge in [0.1, 0.15) is 10.4 Å². The molecule has 1 saturated heterocycles. The van der Waals surface area contributed by atoms with Gasteiger partial charge in [-0.25, -0.2) is 9.50 Å². The molecule has 2 aromatic heterocycles. The van der Waals surface area contributed by atoms with Gasteiger partial charge in [0.05, 0.1) is 17.4 Å². The summed E-state index contributed by atoms with van der Waals surface area (Å²) in [5.41, 5.74) is 0.460. The van der Waals surface area contributed by atoms with Crippen molar-refractivity contribution >= 4 is 27.4 Å². The lowest BCUT2D eigenvalue weighted by Crippen LogP contribution is -2.57. The highest BCUT2D eigenvalue weighted by atomic mass is 79.9. The first-order valence-corrected chi connectivity index (χ1v) is 7.51. The third kappa shape index (κ3) is 2.54. The summed E-state index contributed by atoms with van der Waals surface area (Å²) < 4.78 is 8.78. The molecule has 0 unspecified atom stereocenters. The first-order chi connectivity index (χ1) is 9.26. The molecule has 0 bridgehead atoms. The fraction of sp³-hybridized carbons (Fsp3) is 0.571. The van der Waals surface area contributed by atoms with Crippen molar-refractivity contribution in [3.8, 4) is 0 Å². The van der Waals surface area contributed by atoms with E-state index in [4.69, 9.17) is 4.74 Å². The zero-order valence-corrected chi connectivity index (χ0v) is 13.8. The van der Waals surface area contributed by atoms with Crippen LogP contribution in [0.2, 0.25) is 0 Å². The quantitative estimate of drug-likeness (QED) is 0.801. The Bertz CT molecular complexity index is 634. The van der Waals surface area contributed by atoms with Gasteiger partial charge in [0, 0.05) is 13.1 Å². The summed E-state index contributed by atoms with van der Waals surface area (Å²) in [6, 6.07) is 4.01. The maximum atomic E-state index is 6.11. The van der Waals surface area contributed by atoms with E-state index in [1.807, 2.05) is 16.6 Å². The van der Waals surface area contributed by atoms with Crippen molar-refractivity contribution in [2.45, 2.75) is 38.9 Å². The van der Waals surface area contributed by atoms with E-state index in [0.717, 1.165) is 29.2 Å². The molecular formula is C14H19BrN4O. The topological polar surface area (TPSA) is 42.7 Å². The monoisotopic (exact) mass is 338 g/mol. The first-order valence-electron chi connectivity index (χ1n) is 6.71. The average Bonchev–Trinajstić information content (AvgIpc) is 2.67. The van der Waals surface area contributed by atoms with Gasteiger partial charge in [0.2, 0.25) is 0 Å². The third-order valence-electron chi connectivity index (χ3n) is 3.33. The van der Waals surface area contributed by atoms with Crippen LogP contribution in [0.15, 0.2) is 22.9 Å². The van der Waals surface area contributed by atoms with Crippen LogP contribution < -0.4 is 4.90 Å².